The highest BCUT2D eigenvalue weighted by Crippen LogP contribution is 2.52. The maximum Gasteiger partial charge on any atom is 0.248 e. The Balaban J connectivity index is 1.58. The molecule has 4 rings (SSSR count). The second-order valence-electron chi connectivity index (χ2n) is 6.01. The normalized spacial score (nSPS) is 57.5. The first-order chi connectivity index (χ1) is 9.69. The summed E-state index contributed by atoms with van der Waals surface area (Å²) < 4.78 is 23.7. The molecule has 0 radical (unpaired) electrons. The van der Waals surface area contributed by atoms with E-state index in [0.29, 0.717) is 13.0 Å². The minimum Gasteiger partial charge on any atom is -0.390 e. The van der Waals surface area contributed by atoms with E-state index in [0.717, 1.165) is 6.42 Å². The summed E-state index contributed by atoms with van der Waals surface area (Å²) in [6.45, 7) is 0.644. The van der Waals surface area contributed by atoms with Gasteiger partial charge in [-0.2, -0.15) is 0 Å². The SMILES string of the molecule is CNC1CC2OC3OCCC4OC43OC2C(NC)C1O. The van der Waals surface area contributed by atoms with E-state index in [9.17, 15) is 5.11 Å². The molecule has 3 saturated heterocycles. The number of epoxide rings is 1. The lowest BCUT2D eigenvalue weighted by molar-refractivity contribution is -0.355. The van der Waals surface area contributed by atoms with Crippen LogP contribution in [-0.2, 0) is 18.9 Å². The largest absolute Gasteiger partial charge is 0.390 e. The second kappa shape index (κ2) is 4.61. The molecule has 0 aromatic rings. The van der Waals surface area contributed by atoms with Crippen molar-refractivity contribution in [2.24, 2.45) is 0 Å². The standard InChI is InChI=1S/C13H22N2O5/c1-14-6-5-7-11(9(15-2)10(6)16)20-13-8(19-13)3-4-17-12(13)18-7/h6-12,14-16H,3-5H2,1-2H3. The lowest BCUT2D eigenvalue weighted by Crippen LogP contribution is -2.69. The van der Waals surface area contributed by atoms with Crippen LogP contribution in [0.15, 0.2) is 0 Å². The molecule has 7 nitrogen and oxygen atoms in total. The van der Waals surface area contributed by atoms with E-state index in [1.165, 1.54) is 0 Å². The zero-order valence-corrected chi connectivity index (χ0v) is 11.7. The molecular weight excluding hydrogens is 264 g/mol. The topological polar surface area (TPSA) is 84.5 Å². The van der Waals surface area contributed by atoms with Crippen LogP contribution in [0, 0.1) is 0 Å². The number of hydrogen-bond acceptors (Lipinski definition) is 7. The van der Waals surface area contributed by atoms with Gasteiger partial charge >= 0.3 is 0 Å². The quantitative estimate of drug-likeness (QED) is 0.536. The minimum absolute atomic E-state index is 0.0224. The van der Waals surface area contributed by atoms with Gasteiger partial charge in [0, 0.05) is 12.5 Å². The van der Waals surface area contributed by atoms with Crippen molar-refractivity contribution in [3.8, 4) is 0 Å². The first kappa shape index (κ1) is 13.4. The van der Waals surface area contributed by atoms with Gasteiger partial charge in [0.2, 0.25) is 12.1 Å². The summed E-state index contributed by atoms with van der Waals surface area (Å²) >= 11 is 0. The van der Waals surface area contributed by atoms with Gasteiger partial charge in [-0.3, -0.25) is 0 Å². The van der Waals surface area contributed by atoms with E-state index in [1.807, 2.05) is 14.1 Å². The summed E-state index contributed by atoms with van der Waals surface area (Å²) in [5.41, 5.74) is 0. The van der Waals surface area contributed by atoms with Crippen LogP contribution in [0.1, 0.15) is 12.8 Å². The van der Waals surface area contributed by atoms with Gasteiger partial charge in [0.15, 0.2) is 0 Å². The van der Waals surface area contributed by atoms with Gasteiger partial charge in [-0.15, -0.1) is 0 Å². The Morgan fingerprint density at radius 3 is 2.80 bits per heavy atom. The molecule has 8 unspecified atom stereocenters. The summed E-state index contributed by atoms with van der Waals surface area (Å²) in [6.07, 6.45) is 0.315. The number of ether oxygens (including phenoxy) is 4. The highest BCUT2D eigenvalue weighted by molar-refractivity contribution is 5.09. The molecule has 1 saturated carbocycles. The fourth-order valence-corrected chi connectivity index (χ4v) is 3.82. The fourth-order valence-electron chi connectivity index (χ4n) is 3.82. The van der Waals surface area contributed by atoms with Crippen LogP contribution >= 0.6 is 0 Å². The fraction of sp³-hybridized carbons (Fsp3) is 1.00. The van der Waals surface area contributed by atoms with Gasteiger partial charge in [-0.25, -0.2) is 0 Å². The monoisotopic (exact) mass is 286 g/mol. The van der Waals surface area contributed by atoms with Crippen LogP contribution in [0.2, 0.25) is 0 Å². The first-order valence-corrected chi connectivity index (χ1v) is 7.35. The third-order valence-electron chi connectivity index (χ3n) is 5.01. The molecule has 3 aliphatic heterocycles. The summed E-state index contributed by atoms with van der Waals surface area (Å²) in [5, 5.41) is 16.7. The molecule has 1 spiro atoms. The molecule has 114 valence electrons. The Morgan fingerprint density at radius 1 is 1.20 bits per heavy atom. The van der Waals surface area contributed by atoms with Gasteiger partial charge < -0.3 is 34.7 Å². The van der Waals surface area contributed by atoms with Crippen LogP contribution in [0.3, 0.4) is 0 Å². The molecule has 8 atom stereocenters. The average Bonchev–Trinajstić information content (AvgIpc) is 3.17. The van der Waals surface area contributed by atoms with E-state index in [1.54, 1.807) is 0 Å². The van der Waals surface area contributed by atoms with Gasteiger partial charge in [0.25, 0.3) is 0 Å². The molecular formula is C13H22N2O5. The number of likely N-dealkylation sites (N-methyl/N-ethyl adjacent to an activating group) is 2. The van der Waals surface area contributed by atoms with Crippen molar-refractivity contribution in [1.29, 1.82) is 0 Å². The third-order valence-corrected chi connectivity index (χ3v) is 5.01. The predicted octanol–water partition coefficient (Wildman–Crippen LogP) is -1.45. The van der Waals surface area contributed by atoms with E-state index in [2.05, 4.69) is 10.6 Å². The molecule has 7 heteroatoms. The Hall–Kier alpha value is -0.280. The van der Waals surface area contributed by atoms with Gasteiger partial charge in [-0.1, -0.05) is 0 Å². The summed E-state index contributed by atoms with van der Waals surface area (Å²) in [6, 6.07) is -0.209. The van der Waals surface area contributed by atoms with Crippen LogP contribution in [0.5, 0.6) is 0 Å². The van der Waals surface area contributed by atoms with Crippen molar-refractivity contribution in [2.45, 2.75) is 61.4 Å². The molecule has 0 aromatic heterocycles. The average molecular weight is 286 g/mol. The van der Waals surface area contributed by atoms with Crippen molar-refractivity contribution in [3.63, 3.8) is 0 Å². The Morgan fingerprint density at radius 2 is 2.05 bits per heavy atom. The third kappa shape index (κ3) is 1.72. The van der Waals surface area contributed by atoms with Crippen molar-refractivity contribution >= 4 is 0 Å². The molecule has 3 N–H and O–H groups in total. The predicted molar refractivity (Wildman–Crippen MR) is 68.0 cm³/mol. The number of aliphatic hydroxyl groups excluding tert-OH is 1. The van der Waals surface area contributed by atoms with Gasteiger partial charge in [0.1, 0.15) is 12.2 Å². The lowest BCUT2D eigenvalue weighted by atomic mass is 9.82. The minimum atomic E-state index is -0.735. The van der Waals surface area contributed by atoms with E-state index < -0.39 is 18.2 Å². The van der Waals surface area contributed by atoms with Crippen molar-refractivity contribution < 1.29 is 24.1 Å². The Labute approximate surface area is 117 Å². The number of rotatable bonds is 2. The summed E-state index contributed by atoms with van der Waals surface area (Å²) in [7, 11) is 3.68. The van der Waals surface area contributed by atoms with Crippen molar-refractivity contribution in [2.75, 3.05) is 20.7 Å². The van der Waals surface area contributed by atoms with Crippen molar-refractivity contribution in [1.82, 2.24) is 10.6 Å². The molecule has 0 aromatic carbocycles. The van der Waals surface area contributed by atoms with Crippen molar-refractivity contribution in [3.05, 3.63) is 0 Å². The second-order valence-corrected chi connectivity index (χ2v) is 6.01. The maximum atomic E-state index is 10.4. The molecule has 3 heterocycles. The van der Waals surface area contributed by atoms with Crippen LogP contribution in [0.4, 0.5) is 0 Å². The molecule has 20 heavy (non-hydrogen) atoms. The van der Waals surface area contributed by atoms with Crippen LogP contribution in [-0.4, -0.2) is 74.4 Å². The highest BCUT2D eigenvalue weighted by Gasteiger charge is 2.72. The number of aliphatic hydroxyl groups is 1. The number of fused-ring (bicyclic) bond motifs is 1. The Kier molecular flexibility index (Phi) is 3.08. The Bertz CT molecular complexity index is 397. The maximum absolute atomic E-state index is 10.4. The summed E-state index contributed by atoms with van der Waals surface area (Å²) in [5.74, 6) is -0.735. The molecule has 4 aliphatic rings. The zero-order valence-electron chi connectivity index (χ0n) is 11.7. The lowest BCUT2D eigenvalue weighted by Gasteiger charge is -2.50. The van der Waals surface area contributed by atoms with E-state index in [-0.39, 0.29) is 30.4 Å². The first-order valence-electron chi connectivity index (χ1n) is 7.35. The number of hydrogen-bond donors (Lipinski definition) is 3. The molecule has 4 fully saturated rings. The molecule has 0 amide bonds. The highest BCUT2D eigenvalue weighted by atomic mass is 16.9. The summed E-state index contributed by atoms with van der Waals surface area (Å²) in [4.78, 5) is 0. The molecule has 0 bridgehead atoms. The van der Waals surface area contributed by atoms with E-state index in [4.69, 9.17) is 18.9 Å². The van der Waals surface area contributed by atoms with Gasteiger partial charge in [0.05, 0.1) is 24.9 Å². The smallest absolute Gasteiger partial charge is 0.248 e. The zero-order chi connectivity index (χ0) is 13.9. The van der Waals surface area contributed by atoms with Crippen LogP contribution in [0.25, 0.3) is 0 Å². The van der Waals surface area contributed by atoms with Crippen LogP contribution < -0.4 is 10.6 Å². The molecule has 1 aliphatic carbocycles. The number of nitrogens with one attached hydrogen (secondary N) is 2. The van der Waals surface area contributed by atoms with E-state index >= 15 is 0 Å². The van der Waals surface area contributed by atoms with Gasteiger partial charge in [-0.05, 0) is 20.5 Å².